The third-order valence-electron chi connectivity index (χ3n) is 4.68. The molecular weight excluding hydrogens is 314 g/mol. The summed E-state index contributed by atoms with van der Waals surface area (Å²) in [6, 6.07) is 5.22. The number of esters is 1. The number of piperidine rings is 2. The van der Waals surface area contributed by atoms with E-state index in [2.05, 4.69) is 10.3 Å². The van der Waals surface area contributed by atoms with Crippen LogP contribution in [0.4, 0.5) is 0 Å². The number of hydrogen-bond acceptors (Lipinski definition) is 7. The smallest absolute Gasteiger partial charge is 0.322 e. The lowest BCUT2D eigenvalue weighted by atomic mass is 9.63. The van der Waals surface area contributed by atoms with Crippen molar-refractivity contribution in [1.82, 2.24) is 15.2 Å². The van der Waals surface area contributed by atoms with Crippen LogP contribution in [0.3, 0.4) is 0 Å². The number of carboxylic acid groups (broad SMARTS) is 1. The average molecular weight is 333 g/mol. The number of pyridine rings is 1. The molecule has 1 aromatic heterocycles. The molecule has 2 aliphatic heterocycles. The normalized spacial score (nSPS) is 30.0. The lowest BCUT2D eigenvalue weighted by Gasteiger charge is -2.50. The van der Waals surface area contributed by atoms with Crippen LogP contribution in [-0.4, -0.2) is 65.9 Å². The van der Waals surface area contributed by atoms with Crippen molar-refractivity contribution in [1.29, 1.82) is 0 Å². The number of aromatic nitrogens is 1. The Morgan fingerprint density at radius 1 is 1.33 bits per heavy atom. The number of fused-ring (bicyclic) bond motifs is 2. The summed E-state index contributed by atoms with van der Waals surface area (Å²) in [6.45, 7) is 0.240. The summed E-state index contributed by atoms with van der Waals surface area (Å²) in [5.41, 5.74) is -2.56. The van der Waals surface area contributed by atoms with E-state index in [0.717, 1.165) is 0 Å². The second-order valence-corrected chi connectivity index (χ2v) is 6.47. The van der Waals surface area contributed by atoms with Gasteiger partial charge in [-0.2, -0.15) is 0 Å². The van der Waals surface area contributed by atoms with E-state index in [-0.39, 0.29) is 32.8 Å². The summed E-state index contributed by atoms with van der Waals surface area (Å²) in [7, 11) is 1.70. The van der Waals surface area contributed by atoms with Gasteiger partial charge in [0.15, 0.2) is 16.6 Å². The van der Waals surface area contributed by atoms with Crippen LogP contribution in [0, 0.1) is 10.8 Å². The summed E-state index contributed by atoms with van der Waals surface area (Å²) in [4.78, 5) is 43.1. The average Bonchev–Trinajstić information content (AvgIpc) is 2.55. The Morgan fingerprint density at radius 3 is 2.71 bits per heavy atom. The zero-order valence-electron chi connectivity index (χ0n) is 13.3. The molecule has 3 rings (SSSR count). The van der Waals surface area contributed by atoms with Gasteiger partial charge < -0.3 is 20.1 Å². The zero-order valence-corrected chi connectivity index (χ0v) is 13.3. The molecule has 8 heteroatoms. The Kier molecular flexibility index (Phi) is 4.10. The number of nitrogens with zero attached hydrogens (tertiary/aromatic N) is 2. The maximum absolute atomic E-state index is 12.9. The minimum Gasteiger partial charge on any atom is -0.480 e. The summed E-state index contributed by atoms with van der Waals surface area (Å²) in [5.74, 6) is -2.49. The van der Waals surface area contributed by atoms with E-state index in [9.17, 15) is 19.5 Å². The van der Waals surface area contributed by atoms with Crippen molar-refractivity contribution in [3.05, 3.63) is 30.1 Å². The van der Waals surface area contributed by atoms with Gasteiger partial charge in [-0.3, -0.25) is 19.4 Å². The molecule has 2 bridgehead atoms. The fourth-order valence-corrected chi connectivity index (χ4v) is 3.57. The van der Waals surface area contributed by atoms with Gasteiger partial charge in [0.2, 0.25) is 0 Å². The molecule has 3 heterocycles. The number of ketones is 1. The zero-order chi connectivity index (χ0) is 17.4. The molecule has 2 N–H and O–H groups in total. The first-order valence-electron chi connectivity index (χ1n) is 7.65. The highest BCUT2D eigenvalue weighted by Gasteiger charge is 2.65. The molecule has 0 aromatic carbocycles. The van der Waals surface area contributed by atoms with Gasteiger partial charge in [0, 0.05) is 32.4 Å². The SMILES string of the molecule is CN1CC2(C(=O)O)CNCC(C(=O)OCc3ccccn3)(C1)C2=O. The second-order valence-electron chi connectivity index (χ2n) is 6.47. The van der Waals surface area contributed by atoms with Crippen molar-refractivity contribution in [2.75, 3.05) is 33.2 Å². The standard InChI is InChI=1S/C16H19N3O5/c1-19-9-15(13(21)22)7-17-8-16(10-19,12(15)20)14(23)24-6-11-4-2-3-5-18-11/h2-5,17H,6-10H2,1H3,(H,21,22). The minimum atomic E-state index is -1.62. The van der Waals surface area contributed by atoms with Gasteiger partial charge in [-0.1, -0.05) is 6.07 Å². The molecule has 2 unspecified atom stereocenters. The predicted octanol–water partition coefficient (Wildman–Crippen LogP) is -0.700. The van der Waals surface area contributed by atoms with Crippen molar-refractivity contribution in [2.45, 2.75) is 6.61 Å². The number of aliphatic carboxylic acids is 1. The first-order valence-corrected chi connectivity index (χ1v) is 7.65. The lowest BCUT2D eigenvalue weighted by Crippen LogP contribution is -2.73. The molecule has 0 aliphatic carbocycles. The maximum atomic E-state index is 12.9. The van der Waals surface area contributed by atoms with Gasteiger partial charge in [0.25, 0.3) is 0 Å². The van der Waals surface area contributed by atoms with Gasteiger partial charge in [-0.25, -0.2) is 0 Å². The van der Waals surface area contributed by atoms with Gasteiger partial charge in [-0.05, 0) is 19.2 Å². The Bertz CT molecular complexity index is 680. The van der Waals surface area contributed by atoms with E-state index >= 15 is 0 Å². The third kappa shape index (κ3) is 2.47. The van der Waals surface area contributed by atoms with Gasteiger partial charge >= 0.3 is 11.9 Å². The first-order chi connectivity index (χ1) is 11.4. The van der Waals surface area contributed by atoms with E-state index in [1.54, 1.807) is 36.3 Å². The Morgan fingerprint density at radius 2 is 2.04 bits per heavy atom. The van der Waals surface area contributed by atoms with Crippen LogP contribution < -0.4 is 5.32 Å². The molecule has 2 atom stereocenters. The van der Waals surface area contributed by atoms with E-state index in [1.165, 1.54) is 0 Å². The largest absolute Gasteiger partial charge is 0.480 e. The predicted molar refractivity (Wildman–Crippen MR) is 81.9 cm³/mol. The number of hydrogen-bond donors (Lipinski definition) is 2. The molecule has 2 aliphatic rings. The molecule has 1 aromatic rings. The third-order valence-corrected chi connectivity index (χ3v) is 4.68. The molecule has 8 nitrogen and oxygen atoms in total. The van der Waals surface area contributed by atoms with Crippen LogP contribution in [0.5, 0.6) is 0 Å². The Labute approximate surface area is 138 Å². The number of likely N-dealkylation sites (tertiary alicyclic amines) is 1. The number of ether oxygens (including phenoxy) is 1. The molecule has 0 saturated carbocycles. The molecule has 24 heavy (non-hydrogen) atoms. The number of carbonyl (C=O) groups excluding carboxylic acids is 2. The van der Waals surface area contributed by atoms with Crippen molar-refractivity contribution in [3.8, 4) is 0 Å². The van der Waals surface area contributed by atoms with Crippen LogP contribution in [0.2, 0.25) is 0 Å². The molecule has 0 amide bonds. The van der Waals surface area contributed by atoms with Gasteiger partial charge in [0.1, 0.15) is 6.61 Å². The summed E-state index contributed by atoms with van der Waals surface area (Å²) in [6.07, 6.45) is 1.58. The van der Waals surface area contributed by atoms with Crippen LogP contribution in [0.1, 0.15) is 5.69 Å². The maximum Gasteiger partial charge on any atom is 0.322 e. The number of nitrogens with one attached hydrogen (secondary N) is 1. The monoisotopic (exact) mass is 333 g/mol. The minimum absolute atomic E-state index is 0.0147. The van der Waals surface area contributed by atoms with E-state index in [0.29, 0.717) is 5.69 Å². The quantitative estimate of drug-likeness (QED) is 0.550. The lowest BCUT2D eigenvalue weighted by molar-refractivity contribution is -0.180. The molecule has 0 radical (unpaired) electrons. The van der Waals surface area contributed by atoms with Crippen LogP contribution in [-0.2, 0) is 25.7 Å². The van der Waals surface area contributed by atoms with E-state index < -0.39 is 28.6 Å². The number of carboxylic acids is 1. The van der Waals surface area contributed by atoms with Crippen LogP contribution in [0.25, 0.3) is 0 Å². The highest BCUT2D eigenvalue weighted by molar-refractivity contribution is 6.16. The molecule has 2 saturated heterocycles. The van der Waals surface area contributed by atoms with Gasteiger partial charge in [0.05, 0.1) is 5.69 Å². The highest BCUT2D eigenvalue weighted by Crippen LogP contribution is 2.40. The van der Waals surface area contributed by atoms with Crippen LogP contribution >= 0.6 is 0 Å². The van der Waals surface area contributed by atoms with Gasteiger partial charge in [-0.15, -0.1) is 0 Å². The molecule has 2 fully saturated rings. The van der Waals surface area contributed by atoms with Crippen molar-refractivity contribution >= 4 is 17.7 Å². The summed E-state index contributed by atoms with van der Waals surface area (Å²) in [5, 5.41) is 12.5. The molecule has 128 valence electrons. The Hall–Kier alpha value is -2.32. The van der Waals surface area contributed by atoms with Crippen molar-refractivity contribution in [2.24, 2.45) is 10.8 Å². The first kappa shape index (κ1) is 16.5. The fourth-order valence-electron chi connectivity index (χ4n) is 3.57. The molecular formula is C16H19N3O5. The second kappa shape index (κ2) is 5.95. The molecule has 0 spiro atoms. The topological polar surface area (TPSA) is 109 Å². The van der Waals surface area contributed by atoms with Crippen molar-refractivity contribution in [3.63, 3.8) is 0 Å². The highest BCUT2D eigenvalue weighted by atomic mass is 16.5. The fraction of sp³-hybridized carbons (Fsp3) is 0.500. The summed E-state index contributed by atoms with van der Waals surface area (Å²) < 4.78 is 5.31. The van der Waals surface area contributed by atoms with E-state index in [4.69, 9.17) is 4.74 Å². The Balaban J connectivity index is 1.85. The number of carbonyl (C=O) groups is 3. The number of Topliss-reactive ketones (excluding diaryl/α,β-unsaturated/α-hetero) is 1. The van der Waals surface area contributed by atoms with E-state index in [1.807, 2.05) is 0 Å². The van der Waals surface area contributed by atoms with Crippen LogP contribution in [0.15, 0.2) is 24.4 Å². The van der Waals surface area contributed by atoms with Crippen molar-refractivity contribution < 1.29 is 24.2 Å². The number of rotatable bonds is 4. The summed E-state index contributed by atoms with van der Waals surface area (Å²) >= 11 is 0.